The van der Waals surface area contributed by atoms with Crippen LogP contribution in [0.2, 0.25) is 0 Å². The lowest BCUT2D eigenvalue weighted by molar-refractivity contribution is -0.114. The summed E-state index contributed by atoms with van der Waals surface area (Å²) >= 11 is 3.40. The minimum Gasteiger partial charge on any atom is -0.325 e. The fraction of sp³-hybridized carbons (Fsp3) is 0.278. The number of benzene rings is 2. The van der Waals surface area contributed by atoms with E-state index >= 15 is 0 Å². The standard InChI is InChI=1S/C18H21BrN2O3S/c1-4-14-5-8-16(9-6-14)21(25(3,23)24)12-18(22)20-15-7-10-17(19)13(2)11-15/h5-11H,4,12H2,1-3H3,(H,20,22). The van der Waals surface area contributed by atoms with Gasteiger partial charge in [-0.25, -0.2) is 8.42 Å². The third-order valence-electron chi connectivity index (χ3n) is 3.76. The highest BCUT2D eigenvalue weighted by Crippen LogP contribution is 2.21. The average Bonchev–Trinajstić information content (AvgIpc) is 2.55. The molecule has 5 nitrogen and oxygen atoms in total. The summed E-state index contributed by atoms with van der Waals surface area (Å²) in [5, 5.41) is 2.74. The van der Waals surface area contributed by atoms with Gasteiger partial charge in [0.05, 0.1) is 11.9 Å². The zero-order valence-corrected chi connectivity index (χ0v) is 16.8. The molecule has 2 aromatic carbocycles. The maximum Gasteiger partial charge on any atom is 0.245 e. The molecule has 0 spiro atoms. The number of hydrogen-bond donors (Lipinski definition) is 1. The lowest BCUT2D eigenvalue weighted by Crippen LogP contribution is -2.37. The molecule has 0 aliphatic carbocycles. The molecule has 0 saturated heterocycles. The molecule has 0 atom stereocenters. The van der Waals surface area contributed by atoms with Gasteiger partial charge in [0.15, 0.2) is 0 Å². The van der Waals surface area contributed by atoms with Crippen molar-refractivity contribution in [2.24, 2.45) is 0 Å². The van der Waals surface area contributed by atoms with Gasteiger partial charge < -0.3 is 5.32 Å². The molecule has 2 aromatic rings. The predicted octanol–water partition coefficient (Wildman–Crippen LogP) is 3.72. The number of nitrogens with one attached hydrogen (secondary N) is 1. The van der Waals surface area contributed by atoms with Gasteiger partial charge in [0.25, 0.3) is 0 Å². The van der Waals surface area contributed by atoms with Crippen molar-refractivity contribution in [3.05, 3.63) is 58.1 Å². The first kappa shape index (κ1) is 19.5. The Balaban J connectivity index is 2.18. The van der Waals surface area contributed by atoms with Crippen molar-refractivity contribution < 1.29 is 13.2 Å². The average molecular weight is 425 g/mol. The number of carbonyl (C=O) groups is 1. The molecule has 2 rings (SSSR count). The zero-order valence-electron chi connectivity index (χ0n) is 14.4. The molecule has 0 aromatic heterocycles. The number of halogens is 1. The molecule has 0 saturated carbocycles. The van der Waals surface area contributed by atoms with Crippen LogP contribution in [-0.4, -0.2) is 27.1 Å². The van der Waals surface area contributed by atoms with Gasteiger partial charge in [0.1, 0.15) is 6.54 Å². The summed E-state index contributed by atoms with van der Waals surface area (Å²) in [5.41, 5.74) is 3.18. The smallest absolute Gasteiger partial charge is 0.245 e. The van der Waals surface area contributed by atoms with E-state index in [-0.39, 0.29) is 6.54 Å². The Morgan fingerprint density at radius 2 is 1.80 bits per heavy atom. The van der Waals surface area contributed by atoms with Crippen LogP contribution < -0.4 is 9.62 Å². The Kier molecular flexibility index (Phi) is 6.24. The van der Waals surface area contributed by atoms with E-state index in [0.29, 0.717) is 11.4 Å². The minimum atomic E-state index is -3.57. The van der Waals surface area contributed by atoms with E-state index in [0.717, 1.165) is 32.6 Å². The fourth-order valence-corrected chi connectivity index (χ4v) is 3.45. The molecule has 0 aliphatic rings. The van der Waals surface area contributed by atoms with E-state index < -0.39 is 15.9 Å². The molecule has 0 fully saturated rings. The minimum absolute atomic E-state index is 0.278. The Morgan fingerprint density at radius 3 is 2.32 bits per heavy atom. The van der Waals surface area contributed by atoms with Gasteiger partial charge in [0, 0.05) is 10.2 Å². The summed E-state index contributed by atoms with van der Waals surface area (Å²) in [6, 6.07) is 12.6. The summed E-state index contributed by atoms with van der Waals surface area (Å²) in [6.07, 6.45) is 1.96. The number of amides is 1. The second kappa shape index (κ2) is 8.01. The molecule has 0 aliphatic heterocycles. The second-order valence-electron chi connectivity index (χ2n) is 5.80. The SMILES string of the molecule is CCc1ccc(N(CC(=O)Nc2ccc(Br)c(C)c2)S(C)(=O)=O)cc1. The van der Waals surface area contributed by atoms with Crippen LogP contribution in [0.1, 0.15) is 18.1 Å². The normalized spacial score (nSPS) is 11.2. The van der Waals surface area contributed by atoms with Crippen LogP contribution in [0.5, 0.6) is 0 Å². The number of hydrogen-bond acceptors (Lipinski definition) is 3. The third kappa shape index (κ3) is 5.31. The van der Waals surface area contributed by atoms with Gasteiger partial charge in [0.2, 0.25) is 15.9 Å². The molecule has 1 N–H and O–H groups in total. The van der Waals surface area contributed by atoms with Crippen LogP contribution in [0, 0.1) is 6.92 Å². The van der Waals surface area contributed by atoms with Crippen LogP contribution in [0.3, 0.4) is 0 Å². The van der Waals surface area contributed by atoms with Crippen molar-refractivity contribution in [2.75, 3.05) is 22.4 Å². The number of sulfonamides is 1. The second-order valence-corrected chi connectivity index (χ2v) is 8.56. The van der Waals surface area contributed by atoms with Crippen molar-refractivity contribution in [3.8, 4) is 0 Å². The summed E-state index contributed by atoms with van der Waals surface area (Å²) < 4.78 is 26.3. The Labute approximate surface area is 157 Å². The summed E-state index contributed by atoms with van der Waals surface area (Å²) in [4.78, 5) is 12.3. The van der Waals surface area contributed by atoms with Crippen LogP contribution in [0.15, 0.2) is 46.9 Å². The first-order chi connectivity index (χ1) is 11.7. The molecule has 0 radical (unpaired) electrons. The number of anilines is 2. The molecule has 1 amide bonds. The summed E-state index contributed by atoms with van der Waals surface area (Å²) in [7, 11) is -3.57. The van der Waals surface area contributed by atoms with Crippen molar-refractivity contribution >= 4 is 43.2 Å². The quantitative estimate of drug-likeness (QED) is 0.767. The summed E-state index contributed by atoms with van der Waals surface area (Å²) in [5.74, 6) is -0.397. The van der Waals surface area contributed by atoms with E-state index in [1.807, 2.05) is 38.1 Å². The molecular weight excluding hydrogens is 404 g/mol. The van der Waals surface area contributed by atoms with Crippen LogP contribution in [0.4, 0.5) is 11.4 Å². The van der Waals surface area contributed by atoms with Gasteiger partial charge in [-0.3, -0.25) is 9.10 Å². The number of rotatable bonds is 6. The Hall–Kier alpha value is -1.86. The van der Waals surface area contributed by atoms with Gasteiger partial charge in [-0.1, -0.05) is 35.0 Å². The number of aryl methyl sites for hydroxylation is 2. The fourth-order valence-electron chi connectivity index (χ4n) is 2.35. The Bertz CT molecular complexity index is 864. The molecule has 134 valence electrons. The molecule has 0 bridgehead atoms. The number of carbonyl (C=O) groups excluding carboxylic acids is 1. The predicted molar refractivity (Wildman–Crippen MR) is 106 cm³/mol. The van der Waals surface area contributed by atoms with Gasteiger partial charge in [-0.15, -0.1) is 0 Å². The highest BCUT2D eigenvalue weighted by molar-refractivity contribution is 9.10. The number of nitrogens with zero attached hydrogens (tertiary/aromatic N) is 1. The van der Waals surface area contributed by atoms with Crippen molar-refractivity contribution in [1.82, 2.24) is 0 Å². The largest absolute Gasteiger partial charge is 0.325 e. The van der Waals surface area contributed by atoms with E-state index in [2.05, 4.69) is 21.2 Å². The topological polar surface area (TPSA) is 66.5 Å². The third-order valence-corrected chi connectivity index (χ3v) is 5.79. The van der Waals surface area contributed by atoms with Crippen LogP contribution in [-0.2, 0) is 21.2 Å². The highest BCUT2D eigenvalue weighted by atomic mass is 79.9. The monoisotopic (exact) mass is 424 g/mol. The first-order valence-corrected chi connectivity index (χ1v) is 10.5. The van der Waals surface area contributed by atoms with Gasteiger partial charge in [-0.05, 0) is 54.8 Å². The van der Waals surface area contributed by atoms with E-state index in [9.17, 15) is 13.2 Å². The lowest BCUT2D eigenvalue weighted by atomic mass is 10.1. The summed E-state index contributed by atoms with van der Waals surface area (Å²) in [6.45, 7) is 3.66. The molecule has 25 heavy (non-hydrogen) atoms. The van der Waals surface area contributed by atoms with Crippen LogP contribution >= 0.6 is 15.9 Å². The molecular formula is C18H21BrN2O3S. The maximum absolute atomic E-state index is 12.3. The molecule has 0 unspecified atom stereocenters. The first-order valence-electron chi connectivity index (χ1n) is 7.83. The van der Waals surface area contributed by atoms with Gasteiger partial charge in [-0.2, -0.15) is 0 Å². The van der Waals surface area contributed by atoms with Crippen LogP contribution in [0.25, 0.3) is 0 Å². The van der Waals surface area contributed by atoms with Gasteiger partial charge >= 0.3 is 0 Å². The Morgan fingerprint density at radius 1 is 1.16 bits per heavy atom. The zero-order chi connectivity index (χ0) is 18.6. The highest BCUT2D eigenvalue weighted by Gasteiger charge is 2.21. The van der Waals surface area contributed by atoms with E-state index in [1.165, 1.54) is 0 Å². The van der Waals surface area contributed by atoms with E-state index in [1.54, 1.807) is 18.2 Å². The van der Waals surface area contributed by atoms with E-state index in [4.69, 9.17) is 0 Å². The van der Waals surface area contributed by atoms with Crippen molar-refractivity contribution in [2.45, 2.75) is 20.3 Å². The molecule has 7 heteroatoms. The maximum atomic E-state index is 12.3. The lowest BCUT2D eigenvalue weighted by Gasteiger charge is -2.22. The van der Waals surface area contributed by atoms with Crippen molar-refractivity contribution in [1.29, 1.82) is 0 Å². The molecule has 0 heterocycles. The van der Waals surface area contributed by atoms with Crippen molar-refractivity contribution in [3.63, 3.8) is 0 Å².